The van der Waals surface area contributed by atoms with E-state index in [1.54, 1.807) is 0 Å². The summed E-state index contributed by atoms with van der Waals surface area (Å²) in [5.41, 5.74) is 2.12. The summed E-state index contributed by atoms with van der Waals surface area (Å²) in [4.78, 5) is 24.5. The third-order valence-corrected chi connectivity index (χ3v) is 4.44. The SMILES string of the molecule is O=C(CC(c1ccccc1)c1ccccc1)NCC(=O)Nc1ccc(F)c(F)c1. The van der Waals surface area contributed by atoms with E-state index in [1.807, 2.05) is 60.7 Å². The van der Waals surface area contributed by atoms with Gasteiger partial charge in [-0.15, -0.1) is 0 Å². The monoisotopic (exact) mass is 394 g/mol. The number of halogens is 2. The molecule has 2 amide bonds. The van der Waals surface area contributed by atoms with Crippen molar-refractivity contribution in [2.75, 3.05) is 11.9 Å². The van der Waals surface area contributed by atoms with Crippen LogP contribution in [0.25, 0.3) is 0 Å². The lowest BCUT2D eigenvalue weighted by Crippen LogP contribution is -2.33. The van der Waals surface area contributed by atoms with Crippen LogP contribution in [0.3, 0.4) is 0 Å². The van der Waals surface area contributed by atoms with Crippen molar-refractivity contribution < 1.29 is 18.4 Å². The molecule has 3 rings (SSSR count). The molecule has 2 N–H and O–H groups in total. The molecule has 0 radical (unpaired) electrons. The van der Waals surface area contributed by atoms with Crippen molar-refractivity contribution in [3.05, 3.63) is 102 Å². The van der Waals surface area contributed by atoms with Crippen LogP contribution in [0.5, 0.6) is 0 Å². The van der Waals surface area contributed by atoms with E-state index in [2.05, 4.69) is 10.6 Å². The molecular weight excluding hydrogens is 374 g/mol. The van der Waals surface area contributed by atoms with E-state index < -0.39 is 17.5 Å². The maximum absolute atomic E-state index is 13.2. The lowest BCUT2D eigenvalue weighted by Gasteiger charge is -2.18. The van der Waals surface area contributed by atoms with Gasteiger partial charge >= 0.3 is 0 Å². The molecule has 3 aromatic carbocycles. The standard InChI is InChI=1S/C23H20F2N2O2/c24-20-12-11-18(13-21(20)25)27-23(29)15-26-22(28)14-19(16-7-3-1-4-8-16)17-9-5-2-6-10-17/h1-13,19H,14-15H2,(H,26,28)(H,27,29). The van der Waals surface area contributed by atoms with Crippen LogP contribution in [0, 0.1) is 11.6 Å². The summed E-state index contributed by atoms with van der Waals surface area (Å²) in [6.45, 7) is -0.270. The van der Waals surface area contributed by atoms with Crippen molar-refractivity contribution >= 4 is 17.5 Å². The van der Waals surface area contributed by atoms with Crippen molar-refractivity contribution in [2.45, 2.75) is 12.3 Å². The number of anilines is 1. The molecule has 0 spiro atoms. The van der Waals surface area contributed by atoms with E-state index in [1.165, 1.54) is 6.07 Å². The predicted molar refractivity (Wildman–Crippen MR) is 107 cm³/mol. The molecule has 0 aromatic heterocycles. The van der Waals surface area contributed by atoms with Gasteiger partial charge in [0.05, 0.1) is 6.54 Å². The summed E-state index contributed by atoms with van der Waals surface area (Å²) in [7, 11) is 0. The average Bonchev–Trinajstić information content (AvgIpc) is 2.74. The van der Waals surface area contributed by atoms with Crippen molar-refractivity contribution in [3.63, 3.8) is 0 Å². The zero-order valence-electron chi connectivity index (χ0n) is 15.6. The number of benzene rings is 3. The molecule has 0 aliphatic rings. The lowest BCUT2D eigenvalue weighted by molar-refractivity contribution is -0.124. The molecule has 3 aromatic rings. The molecule has 0 heterocycles. The van der Waals surface area contributed by atoms with Crippen molar-refractivity contribution in [2.24, 2.45) is 0 Å². The molecule has 0 aliphatic carbocycles. The van der Waals surface area contributed by atoms with E-state index in [-0.39, 0.29) is 30.5 Å². The second kappa shape index (κ2) is 9.59. The van der Waals surface area contributed by atoms with Crippen LogP contribution in [-0.2, 0) is 9.59 Å². The van der Waals surface area contributed by atoms with Gasteiger partial charge in [0.25, 0.3) is 0 Å². The first-order valence-corrected chi connectivity index (χ1v) is 9.14. The molecule has 0 atom stereocenters. The largest absolute Gasteiger partial charge is 0.347 e. The first-order chi connectivity index (χ1) is 14.0. The van der Waals surface area contributed by atoms with Gasteiger partial charge in [-0.3, -0.25) is 9.59 Å². The summed E-state index contributed by atoms with van der Waals surface area (Å²) < 4.78 is 26.2. The highest BCUT2D eigenvalue weighted by Crippen LogP contribution is 2.27. The number of carbonyl (C=O) groups excluding carboxylic acids is 2. The summed E-state index contributed by atoms with van der Waals surface area (Å²) >= 11 is 0. The predicted octanol–water partition coefficient (Wildman–Crippen LogP) is 4.24. The van der Waals surface area contributed by atoms with Gasteiger partial charge in [-0.1, -0.05) is 60.7 Å². The highest BCUT2D eigenvalue weighted by molar-refractivity contribution is 5.94. The maximum Gasteiger partial charge on any atom is 0.243 e. The smallest absolute Gasteiger partial charge is 0.243 e. The van der Waals surface area contributed by atoms with Gasteiger partial charge in [0.2, 0.25) is 11.8 Å². The fourth-order valence-electron chi connectivity index (χ4n) is 3.01. The minimum absolute atomic E-state index is 0.120. The fourth-order valence-corrected chi connectivity index (χ4v) is 3.01. The summed E-state index contributed by atoms with van der Waals surface area (Å²) in [5, 5.41) is 5.00. The topological polar surface area (TPSA) is 58.2 Å². The van der Waals surface area contributed by atoms with Crippen LogP contribution in [-0.4, -0.2) is 18.4 Å². The third-order valence-electron chi connectivity index (χ3n) is 4.44. The number of nitrogens with one attached hydrogen (secondary N) is 2. The summed E-state index contributed by atoms with van der Waals surface area (Å²) in [6, 6.07) is 22.4. The first kappa shape index (κ1) is 20.2. The molecular formula is C23H20F2N2O2. The Kier molecular flexibility index (Phi) is 6.68. The average molecular weight is 394 g/mol. The first-order valence-electron chi connectivity index (χ1n) is 9.14. The molecule has 0 saturated carbocycles. The molecule has 29 heavy (non-hydrogen) atoms. The Labute approximate surface area is 167 Å². The van der Waals surface area contributed by atoms with Gasteiger partial charge in [0.15, 0.2) is 11.6 Å². The third kappa shape index (κ3) is 5.72. The van der Waals surface area contributed by atoms with Crippen molar-refractivity contribution in [3.8, 4) is 0 Å². The molecule has 0 bridgehead atoms. The highest BCUT2D eigenvalue weighted by Gasteiger charge is 2.18. The van der Waals surface area contributed by atoms with E-state index in [0.717, 1.165) is 23.3 Å². The van der Waals surface area contributed by atoms with Gasteiger partial charge in [0, 0.05) is 24.1 Å². The number of rotatable bonds is 7. The zero-order chi connectivity index (χ0) is 20.6. The van der Waals surface area contributed by atoms with Gasteiger partial charge < -0.3 is 10.6 Å². The maximum atomic E-state index is 13.2. The Morgan fingerprint density at radius 3 is 1.90 bits per heavy atom. The molecule has 0 unspecified atom stereocenters. The van der Waals surface area contributed by atoms with Crippen LogP contribution in [0.1, 0.15) is 23.5 Å². The van der Waals surface area contributed by atoms with E-state index in [4.69, 9.17) is 0 Å². The Hall–Kier alpha value is -3.54. The van der Waals surface area contributed by atoms with Crippen LogP contribution in [0.4, 0.5) is 14.5 Å². The van der Waals surface area contributed by atoms with Crippen molar-refractivity contribution in [1.82, 2.24) is 5.32 Å². The van der Waals surface area contributed by atoms with Crippen LogP contribution in [0.15, 0.2) is 78.9 Å². The summed E-state index contributed by atoms with van der Waals surface area (Å²) in [6.07, 6.45) is 0.173. The minimum atomic E-state index is -1.06. The molecule has 148 valence electrons. The normalized spacial score (nSPS) is 10.6. The van der Waals surface area contributed by atoms with Gasteiger partial charge in [-0.25, -0.2) is 8.78 Å². The number of amides is 2. The van der Waals surface area contributed by atoms with Gasteiger partial charge in [-0.2, -0.15) is 0 Å². The number of hydrogen-bond donors (Lipinski definition) is 2. The zero-order valence-corrected chi connectivity index (χ0v) is 15.6. The Balaban J connectivity index is 1.60. The van der Waals surface area contributed by atoms with Gasteiger partial charge in [-0.05, 0) is 23.3 Å². The molecule has 0 fully saturated rings. The molecule has 6 heteroatoms. The van der Waals surface area contributed by atoms with E-state index in [9.17, 15) is 18.4 Å². The van der Waals surface area contributed by atoms with E-state index >= 15 is 0 Å². The lowest BCUT2D eigenvalue weighted by atomic mass is 9.88. The van der Waals surface area contributed by atoms with Crippen molar-refractivity contribution in [1.29, 1.82) is 0 Å². The Bertz CT molecular complexity index is 939. The quantitative estimate of drug-likeness (QED) is 0.630. The second-order valence-corrected chi connectivity index (χ2v) is 6.53. The van der Waals surface area contributed by atoms with Gasteiger partial charge in [0.1, 0.15) is 0 Å². The van der Waals surface area contributed by atoms with Crippen LogP contribution in [0.2, 0.25) is 0 Å². The molecule has 4 nitrogen and oxygen atoms in total. The minimum Gasteiger partial charge on any atom is -0.347 e. The highest BCUT2D eigenvalue weighted by atomic mass is 19.2. The van der Waals surface area contributed by atoms with Crippen LogP contribution < -0.4 is 10.6 Å². The fraction of sp³-hybridized carbons (Fsp3) is 0.130. The molecule has 0 aliphatic heterocycles. The number of hydrogen-bond acceptors (Lipinski definition) is 2. The Morgan fingerprint density at radius 1 is 0.759 bits per heavy atom. The Morgan fingerprint density at radius 2 is 1.34 bits per heavy atom. The molecule has 0 saturated heterocycles. The summed E-state index contributed by atoms with van der Waals surface area (Å²) in [5.74, 6) is -3.01. The van der Waals surface area contributed by atoms with E-state index in [0.29, 0.717) is 0 Å². The van der Waals surface area contributed by atoms with Crippen LogP contribution >= 0.6 is 0 Å². The number of carbonyl (C=O) groups is 2. The second-order valence-electron chi connectivity index (χ2n) is 6.53.